The fourth-order valence-corrected chi connectivity index (χ4v) is 3.15. The SMILES string of the molecule is CC(C(=O)N(C)CC(=O)Nc1ccc(Cl)c(Cl)c1)n1c(=O)oc2ccccc21. The van der Waals surface area contributed by atoms with Gasteiger partial charge in [0, 0.05) is 12.7 Å². The Labute approximate surface area is 170 Å². The number of hydrogen-bond donors (Lipinski definition) is 1. The van der Waals surface area contributed by atoms with Crippen LogP contribution in [0.15, 0.2) is 51.7 Å². The molecule has 9 heteroatoms. The van der Waals surface area contributed by atoms with E-state index in [1.165, 1.54) is 22.6 Å². The second-order valence-electron chi connectivity index (χ2n) is 6.25. The number of rotatable bonds is 5. The van der Waals surface area contributed by atoms with Crippen LogP contribution in [0.3, 0.4) is 0 Å². The minimum atomic E-state index is -0.834. The summed E-state index contributed by atoms with van der Waals surface area (Å²) in [5, 5.41) is 3.33. The summed E-state index contributed by atoms with van der Waals surface area (Å²) in [6.07, 6.45) is 0. The van der Waals surface area contributed by atoms with Gasteiger partial charge in [-0.3, -0.25) is 14.2 Å². The number of benzene rings is 2. The van der Waals surface area contributed by atoms with Crippen molar-refractivity contribution >= 4 is 51.8 Å². The standard InChI is InChI=1S/C19H17Cl2N3O4/c1-11(24-15-5-3-4-6-16(15)28-19(24)27)18(26)23(2)10-17(25)22-12-7-8-13(20)14(21)9-12/h3-9,11H,10H2,1-2H3,(H,22,25). The largest absolute Gasteiger partial charge is 0.420 e. The first-order chi connectivity index (χ1) is 13.3. The Kier molecular flexibility index (Phi) is 5.76. The highest BCUT2D eigenvalue weighted by Gasteiger charge is 2.25. The van der Waals surface area contributed by atoms with Crippen molar-refractivity contribution in [2.45, 2.75) is 13.0 Å². The topological polar surface area (TPSA) is 84.5 Å². The zero-order chi connectivity index (χ0) is 20.4. The van der Waals surface area contributed by atoms with Crippen LogP contribution < -0.4 is 11.1 Å². The number of nitrogens with one attached hydrogen (secondary N) is 1. The summed E-state index contributed by atoms with van der Waals surface area (Å²) >= 11 is 11.8. The third kappa shape index (κ3) is 4.05. The molecule has 0 spiro atoms. The van der Waals surface area contributed by atoms with Crippen LogP contribution >= 0.6 is 23.2 Å². The van der Waals surface area contributed by atoms with Gasteiger partial charge in [0.15, 0.2) is 5.58 Å². The molecule has 1 unspecified atom stereocenters. The number of amides is 2. The van der Waals surface area contributed by atoms with Crippen molar-refractivity contribution in [3.05, 3.63) is 63.1 Å². The monoisotopic (exact) mass is 421 g/mol. The van der Waals surface area contributed by atoms with Crippen LogP contribution in [-0.2, 0) is 9.59 Å². The van der Waals surface area contributed by atoms with E-state index in [2.05, 4.69) is 5.32 Å². The Bertz CT molecular complexity index is 1110. The second kappa shape index (κ2) is 8.08. The molecule has 1 atom stereocenters. The van der Waals surface area contributed by atoms with Crippen molar-refractivity contribution in [2.75, 3.05) is 18.9 Å². The van der Waals surface area contributed by atoms with Crippen molar-refractivity contribution in [1.29, 1.82) is 0 Å². The summed E-state index contributed by atoms with van der Waals surface area (Å²) in [7, 11) is 1.49. The van der Waals surface area contributed by atoms with E-state index in [0.717, 1.165) is 0 Å². The lowest BCUT2D eigenvalue weighted by Gasteiger charge is -2.21. The lowest BCUT2D eigenvalue weighted by Crippen LogP contribution is -2.40. The molecule has 1 N–H and O–H groups in total. The Morgan fingerprint density at radius 1 is 1.18 bits per heavy atom. The maximum absolute atomic E-state index is 12.7. The molecule has 0 aliphatic carbocycles. The molecule has 3 rings (SSSR count). The van der Waals surface area contributed by atoms with Crippen molar-refractivity contribution in [3.63, 3.8) is 0 Å². The quantitative estimate of drug-likeness (QED) is 0.682. The first kappa shape index (κ1) is 20.0. The van der Waals surface area contributed by atoms with E-state index in [0.29, 0.717) is 26.8 Å². The zero-order valence-corrected chi connectivity index (χ0v) is 16.6. The van der Waals surface area contributed by atoms with Gasteiger partial charge in [0.2, 0.25) is 11.8 Å². The first-order valence-corrected chi connectivity index (χ1v) is 9.13. The van der Waals surface area contributed by atoms with Crippen molar-refractivity contribution in [2.24, 2.45) is 0 Å². The predicted octanol–water partition coefficient (Wildman–Crippen LogP) is 3.56. The summed E-state index contributed by atoms with van der Waals surface area (Å²) < 4.78 is 6.43. The molecule has 0 saturated carbocycles. The van der Waals surface area contributed by atoms with E-state index in [9.17, 15) is 14.4 Å². The third-order valence-corrected chi connectivity index (χ3v) is 4.96. The summed E-state index contributed by atoms with van der Waals surface area (Å²) in [6, 6.07) is 10.7. The van der Waals surface area contributed by atoms with Crippen LogP contribution in [0.1, 0.15) is 13.0 Å². The summed E-state index contributed by atoms with van der Waals surface area (Å²) in [6.45, 7) is 1.38. The molecule has 28 heavy (non-hydrogen) atoms. The van der Waals surface area contributed by atoms with Crippen molar-refractivity contribution < 1.29 is 14.0 Å². The molecular formula is C19H17Cl2N3O4. The summed E-state index contributed by atoms with van der Waals surface area (Å²) in [4.78, 5) is 38.4. The highest BCUT2D eigenvalue weighted by atomic mass is 35.5. The molecule has 0 aliphatic heterocycles. The van der Waals surface area contributed by atoms with Gasteiger partial charge in [-0.1, -0.05) is 35.3 Å². The molecule has 2 amide bonds. The number of fused-ring (bicyclic) bond motifs is 1. The number of anilines is 1. The lowest BCUT2D eigenvalue weighted by atomic mass is 10.2. The van der Waals surface area contributed by atoms with Crippen LogP contribution in [0, 0.1) is 0 Å². The molecule has 7 nitrogen and oxygen atoms in total. The van der Waals surface area contributed by atoms with E-state index in [1.807, 2.05) is 0 Å². The van der Waals surface area contributed by atoms with Crippen LogP contribution in [0.4, 0.5) is 5.69 Å². The first-order valence-electron chi connectivity index (χ1n) is 8.38. The number of carbonyl (C=O) groups is 2. The van der Waals surface area contributed by atoms with Gasteiger partial charge in [0.25, 0.3) is 0 Å². The normalized spacial score (nSPS) is 12.0. The molecule has 0 bridgehead atoms. The zero-order valence-electron chi connectivity index (χ0n) is 15.1. The van der Waals surface area contributed by atoms with Crippen LogP contribution in [0.2, 0.25) is 10.0 Å². The van der Waals surface area contributed by atoms with E-state index in [1.54, 1.807) is 43.3 Å². The molecule has 0 radical (unpaired) electrons. The van der Waals surface area contributed by atoms with Gasteiger partial charge in [-0.25, -0.2) is 4.79 Å². The van der Waals surface area contributed by atoms with E-state index < -0.39 is 23.6 Å². The Morgan fingerprint density at radius 3 is 2.61 bits per heavy atom. The summed E-state index contributed by atoms with van der Waals surface area (Å²) in [5.74, 6) is -1.44. The molecule has 2 aromatic carbocycles. The van der Waals surface area contributed by atoms with E-state index >= 15 is 0 Å². The average Bonchev–Trinajstić information content (AvgIpc) is 2.99. The Morgan fingerprint density at radius 2 is 1.89 bits per heavy atom. The number of aromatic nitrogens is 1. The Balaban J connectivity index is 1.71. The van der Waals surface area contributed by atoms with Crippen molar-refractivity contribution in [3.8, 4) is 0 Å². The fraction of sp³-hybridized carbons (Fsp3) is 0.211. The van der Waals surface area contributed by atoms with Crippen LogP contribution in [0.25, 0.3) is 11.1 Å². The predicted molar refractivity (Wildman–Crippen MR) is 108 cm³/mol. The average molecular weight is 422 g/mol. The smallest absolute Gasteiger partial charge is 0.408 e. The number of para-hydroxylation sites is 2. The van der Waals surface area contributed by atoms with Crippen molar-refractivity contribution in [1.82, 2.24) is 9.47 Å². The summed E-state index contributed by atoms with van der Waals surface area (Å²) in [5.41, 5.74) is 1.37. The molecule has 146 valence electrons. The lowest BCUT2D eigenvalue weighted by molar-refractivity contribution is -0.135. The van der Waals surface area contributed by atoms with E-state index in [4.69, 9.17) is 27.6 Å². The van der Waals surface area contributed by atoms with Gasteiger partial charge in [-0.05, 0) is 37.3 Å². The van der Waals surface area contributed by atoms with Gasteiger partial charge < -0.3 is 14.6 Å². The highest BCUT2D eigenvalue weighted by Crippen LogP contribution is 2.25. The van der Waals surface area contributed by atoms with E-state index in [-0.39, 0.29) is 6.54 Å². The molecule has 0 fully saturated rings. The maximum Gasteiger partial charge on any atom is 0.420 e. The number of nitrogens with zero attached hydrogens (tertiary/aromatic N) is 2. The highest BCUT2D eigenvalue weighted by molar-refractivity contribution is 6.42. The molecule has 0 aliphatic rings. The van der Waals surface area contributed by atoms with Crippen LogP contribution in [0.5, 0.6) is 0 Å². The third-order valence-electron chi connectivity index (χ3n) is 4.22. The number of oxazole rings is 1. The maximum atomic E-state index is 12.7. The number of likely N-dealkylation sites (N-methyl/N-ethyl adjacent to an activating group) is 1. The van der Waals surface area contributed by atoms with Gasteiger partial charge in [0.05, 0.1) is 22.1 Å². The van der Waals surface area contributed by atoms with Crippen LogP contribution in [-0.4, -0.2) is 34.9 Å². The number of hydrogen-bond acceptors (Lipinski definition) is 4. The molecular weight excluding hydrogens is 405 g/mol. The molecule has 1 aromatic heterocycles. The minimum Gasteiger partial charge on any atom is -0.408 e. The Hall–Kier alpha value is -2.77. The number of carbonyl (C=O) groups excluding carboxylic acids is 2. The van der Waals surface area contributed by atoms with Gasteiger partial charge in [-0.2, -0.15) is 0 Å². The van der Waals surface area contributed by atoms with Gasteiger partial charge >= 0.3 is 5.76 Å². The minimum absolute atomic E-state index is 0.200. The number of halogens is 2. The molecule has 1 heterocycles. The van der Waals surface area contributed by atoms with Gasteiger partial charge in [0.1, 0.15) is 6.04 Å². The molecule has 3 aromatic rings. The van der Waals surface area contributed by atoms with Gasteiger partial charge in [-0.15, -0.1) is 0 Å². The fourth-order valence-electron chi connectivity index (χ4n) is 2.85. The second-order valence-corrected chi connectivity index (χ2v) is 7.07. The molecule has 0 saturated heterocycles.